The molecule has 9 heteroatoms. The molecule has 1 N–H and O–H groups in total. The van der Waals surface area contributed by atoms with Crippen LogP contribution >= 0.6 is 0 Å². The van der Waals surface area contributed by atoms with Gasteiger partial charge in [0.2, 0.25) is 10.0 Å². The fourth-order valence-electron chi connectivity index (χ4n) is 4.14. The number of fused-ring (bicyclic) bond motifs is 1. The van der Waals surface area contributed by atoms with Gasteiger partial charge in [-0.05, 0) is 66.9 Å². The number of sulfonamides is 1. The lowest BCUT2D eigenvalue weighted by Crippen LogP contribution is -2.36. The lowest BCUT2D eigenvalue weighted by Gasteiger charge is -2.30. The number of benzene rings is 2. The topological polar surface area (TPSA) is 99.9 Å². The lowest BCUT2D eigenvalue weighted by atomic mass is 10.0. The third-order valence-corrected chi connectivity index (χ3v) is 7.92. The van der Waals surface area contributed by atoms with Crippen LogP contribution in [-0.2, 0) is 16.4 Å². The number of nitrogens with one attached hydrogen (secondary N) is 1. The number of anilines is 2. The average molecular weight is 482 g/mol. The molecule has 0 saturated heterocycles. The Morgan fingerprint density at radius 3 is 2.56 bits per heavy atom. The molecular weight excluding hydrogens is 454 g/mol. The average Bonchev–Trinajstić information content (AvgIpc) is 3.39. The maximum absolute atomic E-state index is 13.4. The van der Waals surface area contributed by atoms with Crippen LogP contribution in [-0.4, -0.2) is 44.2 Å². The van der Waals surface area contributed by atoms with E-state index < -0.39 is 15.9 Å². The summed E-state index contributed by atoms with van der Waals surface area (Å²) in [6.45, 7) is 4.94. The molecule has 178 valence electrons. The Hall–Kier alpha value is -3.43. The lowest BCUT2D eigenvalue weighted by molar-refractivity contribution is 0.0979. The van der Waals surface area contributed by atoms with Gasteiger partial charge in [-0.3, -0.25) is 9.59 Å². The van der Waals surface area contributed by atoms with Gasteiger partial charge in [-0.25, -0.2) is 8.42 Å². The van der Waals surface area contributed by atoms with Gasteiger partial charge in [0.05, 0.1) is 11.2 Å². The summed E-state index contributed by atoms with van der Waals surface area (Å²) >= 11 is 0. The molecule has 2 aromatic carbocycles. The van der Waals surface area contributed by atoms with Crippen molar-refractivity contribution in [3.63, 3.8) is 0 Å². The van der Waals surface area contributed by atoms with Gasteiger partial charge >= 0.3 is 0 Å². The summed E-state index contributed by atoms with van der Waals surface area (Å²) < 4.78 is 32.4. The van der Waals surface area contributed by atoms with E-state index in [4.69, 9.17) is 4.42 Å². The number of amides is 2. The minimum Gasteiger partial charge on any atom is -0.459 e. The van der Waals surface area contributed by atoms with Crippen molar-refractivity contribution in [2.24, 2.45) is 0 Å². The van der Waals surface area contributed by atoms with E-state index in [1.807, 2.05) is 13.8 Å². The second-order valence-corrected chi connectivity index (χ2v) is 9.89. The molecule has 0 unspecified atom stereocenters. The molecule has 1 aromatic heterocycles. The third-order valence-electron chi connectivity index (χ3n) is 5.87. The van der Waals surface area contributed by atoms with Crippen LogP contribution in [0.25, 0.3) is 0 Å². The number of hydrogen-bond donors (Lipinski definition) is 1. The first-order valence-electron chi connectivity index (χ1n) is 11.2. The van der Waals surface area contributed by atoms with E-state index in [0.717, 1.165) is 12.0 Å². The molecule has 1 aliphatic rings. The molecule has 0 aliphatic carbocycles. The molecule has 0 radical (unpaired) electrons. The number of nitrogens with zero attached hydrogens (tertiary/aromatic N) is 2. The van der Waals surface area contributed by atoms with Crippen LogP contribution in [0.3, 0.4) is 0 Å². The predicted octanol–water partition coefficient (Wildman–Crippen LogP) is 4.16. The van der Waals surface area contributed by atoms with Crippen molar-refractivity contribution < 1.29 is 22.4 Å². The highest BCUT2D eigenvalue weighted by Crippen LogP contribution is 2.32. The summed E-state index contributed by atoms with van der Waals surface area (Å²) in [6.07, 6.45) is 2.84. The van der Waals surface area contributed by atoms with Crippen LogP contribution in [0.15, 0.2) is 70.2 Å². The minimum absolute atomic E-state index is 0.178. The summed E-state index contributed by atoms with van der Waals surface area (Å²) in [5, 5.41) is 2.73. The fraction of sp³-hybridized carbons (Fsp3) is 0.280. The number of hydrogen-bond acceptors (Lipinski definition) is 5. The maximum atomic E-state index is 13.4. The summed E-state index contributed by atoms with van der Waals surface area (Å²) in [5.74, 6) is -0.439. The molecule has 0 spiro atoms. The maximum Gasteiger partial charge on any atom is 0.291 e. The molecule has 4 rings (SSSR count). The summed E-state index contributed by atoms with van der Waals surface area (Å²) in [5.41, 5.74) is 2.44. The Morgan fingerprint density at radius 2 is 1.85 bits per heavy atom. The molecule has 0 bridgehead atoms. The van der Waals surface area contributed by atoms with Crippen LogP contribution in [0.2, 0.25) is 0 Å². The smallest absolute Gasteiger partial charge is 0.291 e. The van der Waals surface area contributed by atoms with Gasteiger partial charge in [0.25, 0.3) is 11.8 Å². The Bertz CT molecular complexity index is 1300. The van der Waals surface area contributed by atoms with Crippen LogP contribution in [0.1, 0.15) is 46.7 Å². The van der Waals surface area contributed by atoms with Gasteiger partial charge in [0.1, 0.15) is 0 Å². The third kappa shape index (κ3) is 4.62. The molecular formula is C25H27N3O5S. The zero-order chi connectivity index (χ0) is 24.3. The van der Waals surface area contributed by atoms with E-state index in [1.54, 1.807) is 59.5 Å². The molecule has 0 saturated carbocycles. The zero-order valence-electron chi connectivity index (χ0n) is 19.2. The van der Waals surface area contributed by atoms with Crippen molar-refractivity contribution >= 4 is 33.2 Å². The zero-order valence-corrected chi connectivity index (χ0v) is 20.0. The molecule has 2 amide bonds. The second-order valence-electron chi connectivity index (χ2n) is 7.95. The van der Waals surface area contributed by atoms with E-state index in [-0.39, 0.29) is 16.6 Å². The van der Waals surface area contributed by atoms with Crippen LogP contribution in [0.5, 0.6) is 0 Å². The van der Waals surface area contributed by atoms with E-state index in [0.29, 0.717) is 43.0 Å². The van der Waals surface area contributed by atoms with Crippen molar-refractivity contribution in [2.75, 3.05) is 29.9 Å². The van der Waals surface area contributed by atoms with E-state index in [9.17, 15) is 18.0 Å². The van der Waals surface area contributed by atoms with Gasteiger partial charge in [-0.1, -0.05) is 19.9 Å². The highest BCUT2D eigenvalue weighted by atomic mass is 32.2. The Kier molecular flexibility index (Phi) is 6.85. The first kappa shape index (κ1) is 23.7. The van der Waals surface area contributed by atoms with Crippen LogP contribution in [0.4, 0.5) is 11.4 Å². The number of carbonyl (C=O) groups excluding carboxylic acids is 2. The number of rotatable bonds is 7. The Balaban J connectivity index is 1.59. The van der Waals surface area contributed by atoms with Gasteiger partial charge in [-0.15, -0.1) is 0 Å². The highest BCUT2D eigenvalue weighted by Gasteiger charge is 2.27. The first-order valence-corrected chi connectivity index (χ1v) is 12.7. The fourth-order valence-corrected chi connectivity index (χ4v) is 5.65. The van der Waals surface area contributed by atoms with Crippen LogP contribution < -0.4 is 10.2 Å². The normalized spacial score (nSPS) is 13.6. The second kappa shape index (κ2) is 9.82. The first-order chi connectivity index (χ1) is 16.3. The molecule has 1 aliphatic heterocycles. The van der Waals surface area contributed by atoms with E-state index in [2.05, 4.69) is 5.32 Å². The highest BCUT2D eigenvalue weighted by molar-refractivity contribution is 7.89. The predicted molar refractivity (Wildman–Crippen MR) is 130 cm³/mol. The largest absolute Gasteiger partial charge is 0.459 e. The summed E-state index contributed by atoms with van der Waals surface area (Å²) in [4.78, 5) is 27.6. The molecule has 0 atom stereocenters. The van der Waals surface area contributed by atoms with Gasteiger partial charge in [-0.2, -0.15) is 4.31 Å². The number of carbonyl (C=O) groups is 2. The van der Waals surface area contributed by atoms with Crippen molar-refractivity contribution in [3.05, 3.63) is 77.7 Å². The van der Waals surface area contributed by atoms with Crippen LogP contribution in [0, 0.1) is 0 Å². The standard InChI is InChI=1S/C25H27N3O5S/c1-3-27(4-2)34(31,32)21-12-13-22-18(17-21)9-6-14-28(22)25(30)19-8-5-10-20(16-19)26-24(29)23-11-7-15-33-23/h5,7-8,10-13,15-17H,3-4,6,9,14H2,1-2H3,(H,26,29). The monoisotopic (exact) mass is 481 g/mol. The van der Waals surface area contributed by atoms with E-state index >= 15 is 0 Å². The molecule has 34 heavy (non-hydrogen) atoms. The Morgan fingerprint density at radius 1 is 1.06 bits per heavy atom. The number of aryl methyl sites for hydroxylation is 1. The van der Waals surface area contributed by atoms with Crippen molar-refractivity contribution in [3.8, 4) is 0 Å². The molecule has 3 aromatic rings. The van der Waals surface area contributed by atoms with Gasteiger partial charge in [0.15, 0.2) is 5.76 Å². The van der Waals surface area contributed by atoms with Crippen molar-refractivity contribution in [2.45, 2.75) is 31.6 Å². The molecule has 8 nitrogen and oxygen atoms in total. The molecule has 0 fully saturated rings. The quantitative estimate of drug-likeness (QED) is 0.546. The SMILES string of the molecule is CCN(CC)S(=O)(=O)c1ccc2c(c1)CCCN2C(=O)c1cccc(NC(=O)c2ccco2)c1. The summed E-state index contributed by atoms with van der Waals surface area (Å²) in [6, 6.07) is 14.9. The van der Waals surface area contributed by atoms with Gasteiger partial charge < -0.3 is 14.6 Å². The molecule has 2 heterocycles. The number of furan rings is 1. The van der Waals surface area contributed by atoms with Crippen molar-refractivity contribution in [1.82, 2.24) is 4.31 Å². The summed E-state index contributed by atoms with van der Waals surface area (Å²) in [7, 11) is -3.58. The Labute approximate surface area is 199 Å². The van der Waals surface area contributed by atoms with E-state index in [1.165, 1.54) is 10.6 Å². The van der Waals surface area contributed by atoms with Crippen molar-refractivity contribution in [1.29, 1.82) is 0 Å². The minimum atomic E-state index is -3.58. The van der Waals surface area contributed by atoms with Gasteiger partial charge in [0, 0.05) is 36.6 Å².